The molecule has 1 N–H and O–H groups in total. The molecular weight excluding hydrogens is 498 g/mol. The van der Waals surface area contributed by atoms with Crippen LogP contribution in [0.25, 0.3) is 11.4 Å². The van der Waals surface area contributed by atoms with Gasteiger partial charge in [0.1, 0.15) is 28.8 Å². The number of hydroxylamine groups is 1. The van der Waals surface area contributed by atoms with Crippen LogP contribution < -0.4 is 10.2 Å². The Hall–Kier alpha value is -3.14. The average molecular weight is 519 g/mol. The number of halogens is 3. The molecule has 2 heterocycles. The Balaban J connectivity index is 1.40. The van der Waals surface area contributed by atoms with Gasteiger partial charge < -0.3 is 4.74 Å². The molecule has 182 valence electrons. The van der Waals surface area contributed by atoms with Crippen molar-refractivity contribution in [1.82, 2.24) is 15.3 Å². The van der Waals surface area contributed by atoms with Crippen LogP contribution in [0.2, 0.25) is 10.2 Å². The van der Waals surface area contributed by atoms with Crippen molar-refractivity contribution in [2.45, 2.75) is 38.2 Å². The van der Waals surface area contributed by atoms with Crippen molar-refractivity contribution in [2.24, 2.45) is 0 Å². The zero-order valence-electron chi connectivity index (χ0n) is 18.7. The number of benzene rings is 2. The van der Waals surface area contributed by atoms with Crippen LogP contribution in [-0.2, 0) is 17.7 Å². The Morgan fingerprint density at radius 3 is 2.83 bits per heavy atom. The summed E-state index contributed by atoms with van der Waals surface area (Å²) in [6, 6.07) is 8.96. The summed E-state index contributed by atoms with van der Waals surface area (Å²) in [5.41, 5.74) is 4.51. The molecule has 5 rings (SSSR count). The number of para-hydroxylation sites is 1. The van der Waals surface area contributed by atoms with Crippen molar-refractivity contribution in [1.29, 1.82) is 0 Å². The van der Waals surface area contributed by atoms with Crippen LogP contribution in [0, 0.1) is 15.9 Å². The molecule has 0 bridgehead atoms. The summed E-state index contributed by atoms with van der Waals surface area (Å²) in [4.78, 5) is 16.6. The minimum atomic E-state index is -0.973. The van der Waals surface area contributed by atoms with Crippen LogP contribution in [0.4, 0.5) is 10.1 Å². The van der Waals surface area contributed by atoms with Gasteiger partial charge in [0.25, 0.3) is 5.69 Å². The molecule has 0 saturated heterocycles. The van der Waals surface area contributed by atoms with Crippen LogP contribution in [0.3, 0.4) is 0 Å². The molecule has 11 heteroatoms. The average Bonchev–Trinajstić information content (AvgIpc) is 3.39. The molecule has 1 unspecified atom stereocenters. The summed E-state index contributed by atoms with van der Waals surface area (Å²) in [6.45, 7) is 1.75. The standard InChI is InChI=1S/C24H21Cl2FN4O4/c1-24(12-19(29-35-24)14-6-3-5-9-20(14)31(32)33)13-34-22-11-21(17(27)10-16(22)25)30-23(26)15-7-2-4-8-18(15)28-30/h3,5-6,9-12,29H,2,4,7-8,13H2,1H3. The fourth-order valence-corrected chi connectivity index (χ4v) is 4.82. The van der Waals surface area contributed by atoms with Crippen molar-refractivity contribution < 1.29 is 18.9 Å². The molecule has 1 aromatic heterocycles. The van der Waals surface area contributed by atoms with Crippen LogP contribution in [0.1, 0.15) is 36.6 Å². The largest absolute Gasteiger partial charge is 0.488 e. The molecule has 0 amide bonds. The Kier molecular flexibility index (Phi) is 6.16. The van der Waals surface area contributed by atoms with E-state index in [1.807, 2.05) is 0 Å². The van der Waals surface area contributed by atoms with Gasteiger partial charge in [-0.25, -0.2) is 9.07 Å². The van der Waals surface area contributed by atoms with Gasteiger partial charge in [-0.3, -0.25) is 20.4 Å². The number of nitrogens with one attached hydrogen (secondary N) is 1. The number of nitro groups is 1. The van der Waals surface area contributed by atoms with Crippen molar-refractivity contribution in [3.8, 4) is 11.4 Å². The second kappa shape index (κ2) is 9.14. The molecule has 2 aromatic carbocycles. The highest BCUT2D eigenvalue weighted by molar-refractivity contribution is 6.32. The number of ether oxygens (including phenoxy) is 1. The number of aryl methyl sites for hydroxylation is 1. The van der Waals surface area contributed by atoms with Crippen molar-refractivity contribution in [3.63, 3.8) is 0 Å². The SMILES string of the molecule is CC1(COc2cc(-n3nc4c(c3Cl)CCCC4)c(F)cc2Cl)C=C(c2ccccc2[N+](=O)[O-])NO1. The van der Waals surface area contributed by atoms with E-state index in [-0.39, 0.29) is 28.8 Å². The van der Waals surface area contributed by atoms with Crippen molar-refractivity contribution in [3.05, 3.63) is 85.4 Å². The number of hydrogen-bond acceptors (Lipinski definition) is 6. The first kappa shape index (κ1) is 23.6. The van der Waals surface area contributed by atoms with Gasteiger partial charge in [0, 0.05) is 17.7 Å². The van der Waals surface area contributed by atoms with E-state index < -0.39 is 16.3 Å². The normalized spacial score (nSPS) is 19.1. The highest BCUT2D eigenvalue weighted by Gasteiger charge is 2.34. The summed E-state index contributed by atoms with van der Waals surface area (Å²) >= 11 is 12.8. The lowest BCUT2D eigenvalue weighted by molar-refractivity contribution is -0.385. The number of rotatable bonds is 6. The minimum absolute atomic E-state index is 0.00172. The Labute approximate surface area is 210 Å². The predicted octanol–water partition coefficient (Wildman–Crippen LogP) is 5.82. The third-order valence-electron chi connectivity index (χ3n) is 6.07. The highest BCUT2D eigenvalue weighted by atomic mass is 35.5. The lowest BCUT2D eigenvalue weighted by Crippen LogP contribution is -2.33. The van der Waals surface area contributed by atoms with Crippen LogP contribution >= 0.6 is 23.2 Å². The molecule has 8 nitrogen and oxygen atoms in total. The monoisotopic (exact) mass is 518 g/mol. The Morgan fingerprint density at radius 1 is 1.29 bits per heavy atom. The second-order valence-corrected chi connectivity index (χ2v) is 9.47. The van der Waals surface area contributed by atoms with Gasteiger partial charge >= 0.3 is 0 Å². The van der Waals surface area contributed by atoms with E-state index in [0.29, 0.717) is 16.4 Å². The summed E-state index contributed by atoms with van der Waals surface area (Å²) in [5.74, 6) is -0.349. The summed E-state index contributed by atoms with van der Waals surface area (Å²) < 4.78 is 22.2. The van der Waals surface area contributed by atoms with Gasteiger partial charge in [0.15, 0.2) is 5.82 Å². The minimum Gasteiger partial charge on any atom is -0.488 e. The van der Waals surface area contributed by atoms with Gasteiger partial charge in [-0.1, -0.05) is 35.3 Å². The molecule has 0 spiro atoms. The van der Waals surface area contributed by atoms with E-state index in [9.17, 15) is 14.5 Å². The van der Waals surface area contributed by atoms with Crippen LogP contribution in [-0.4, -0.2) is 26.9 Å². The quantitative estimate of drug-likeness (QED) is 0.326. The number of hydrogen-bond donors (Lipinski definition) is 1. The third kappa shape index (κ3) is 4.47. The van der Waals surface area contributed by atoms with Gasteiger partial charge in [0.2, 0.25) is 0 Å². The van der Waals surface area contributed by atoms with Gasteiger partial charge in [0.05, 0.1) is 26.9 Å². The highest BCUT2D eigenvalue weighted by Crippen LogP contribution is 2.36. The maximum Gasteiger partial charge on any atom is 0.278 e. The smallest absolute Gasteiger partial charge is 0.278 e. The van der Waals surface area contributed by atoms with Crippen molar-refractivity contribution >= 4 is 34.6 Å². The number of nitro benzene ring substituents is 1. The van der Waals surface area contributed by atoms with Gasteiger partial charge in [-0.15, -0.1) is 0 Å². The number of nitrogens with zero attached hydrogens (tertiary/aromatic N) is 3. The zero-order chi connectivity index (χ0) is 24.7. The molecule has 0 fully saturated rings. The van der Waals surface area contributed by atoms with Crippen LogP contribution in [0.15, 0.2) is 42.5 Å². The van der Waals surface area contributed by atoms with Crippen molar-refractivity contribution in [2.75, 3.05) is 6.61 Å². The molecule has 35 heavy (non-hydrogen) atoms. The molecule has 1 aliphatic carbocycles. The van der Waals surface area contributed by atoms with Gasteiger partial charge in [-0.05, 0) is 50.8 Å². The first-order valence-corrected chi connectivity index (χ1v) is 11.8. The third-order valence-corrected chi connectivity index (χ3v) is 6.76. The fourth-order valence-electron chi connectivity index (χ4n) is 4.29. The molecule has 1 aliphatic heterocycles. The summed E-state index contributed by atoms with van der Waals surface area (Å²) in [7, 11) is 0. The zero-order valence-corrected chi connectivity index (χ0v) is 20.2. The van der Waals surface area contributed by atoms with Gasteiger partial charge in [-0.2, -0.15) is 5.10 Å². The molecule has 0 saturated carbocycles. The van der Waals surface area contributed by atoms with E-state index in [2.05, 4.69) is 10.6 Å². The lowest BCUT2D eigenvalue weighted by Gasteiger charge is -2.21. The van der Waals surface area contributed by atoms with Crippen LogP contribution in [0.5, 0.6) is 5.75 Å². The van der Waals surface area contributed by atoms with E-state index in [1.165, 1.54) is 16.8 Å². The fraction of sp³-hybridized carbons (Fsp3) is 0.292. The summed E-state index contributed by atoms with van der Waals surface area (Å²) in [5, 5.41) is 16.4. The van der Waals surface area contributed by atoms with E-state index in [1.54, 1.807) is 31.2 Å². The molecule has 1 atom stereocenters. The molecule has 3 aromatic rings. The van der Waals surface area contributed by atoms with E-state index in [0.717, 1.165) is 43.0 Å². The Bertz CT molecular complexity index is 1360. The first-order valence-electron chi connectivity index (χ1n) is 11.0. The Morgan fingerprint density at radius 2 is 2.06 bits per heavy atom. The maximum absolute atomic E-state index is 14.9. The molecule has 0 radical (unpaired) electrons. The number of aromatic nitrogens is 2. The van der Waals surface area contributed by atoms with E-state index >= 15 is 0 Å². The van der Waals surface area contributed by atoms with E-state index in [4.69, 9.17) is 32.8 Å². The number of fused-ring (bicyclic) bond motifs is 1. The summed E-state index contributed by atoms with van der Waals surface area (Å²) in [6.07, 6.45) is 5.35. The lowest BCUT2D eigenvalue weighted by atomic mass is 9.99. The molecular formula is C24H21Cl2FN4O4. The molecule has 2 aliphatic rings. The maximum atomic E-state index is 14.9. The topological polar surface area (TPSA) is 91.5 Å². The second-order valence-electron chi connectivity index (χ2n) is 8.71. The predicted molar refractivity (Wildman–Crippen MR) is 129 cm³/mol. The first-order chi connectivity index (χ1) is 16.8.